The highest BCUT2D eigenvalue weighted by molar-refractivity contribution is 14.1. The molecule has 2 aromatic heterocycles. The van der Waals surface area contributed by atoms with Gasteiger partial charge in [0.15, 0.2) is 3.77 Å². The molecule has 1 aliphatic heterocycles. The second-order valence-corrected chi connectivity index (χ2v) is 6.38. The molecule has 3 rings (SSSR count). The number of halogens is 1. The van der Waals surface area contributed by atoms with Crippen LogP contribution in [0.4, 0.5) is 5.82 Å². The van der Waals surface area contributed by atoms with Gasteiger partial charge >= 0.3 is 0 Å². The third-order valence-electron chi connectivity index (χ3n) is 3.60. The van der Waals surface area contributed by atoms with Gasteiger partial charge in [-0.2, -0.15) is 0 Å². The molecule has 126 valence electrons. The Hall–Kier alpha value is -1.87. The zero-order chi connectivity index (χ0) is 16.8. The average Bonchev–Trinajstić information content (AvgIpc) is 3.05. The summed E-state index contributed by atoms with van der Waals surface area (Å²) in [6.45, 7) is 3.63. The molecule has 1 amide bonds. The van der Waals surface area contributed by atoms with Crippen molar-refractivity contribution in [2.24, 2.45) is 0 Å². The molecule has 1 saturated heterocycles. The lowest BCUT2D eigenvalue weighted by Crippen LogP contribution is -2.36. The molecule has 0 unspecified atom stereocenters. The monoisotopic (exact) mass is 439 g/mol. The van der Waals surface area contributed by atoms with Crippen molar-refractivity contribution in [2.45, 2.75) is 6.54 Å². The number of hydrogen-bond acceptors (Lipinski definition) is 5. The number of rotatable bonds is 5. The summed E-state index contributed by atoms with van der Waals surface area (Å²) in [5.74, 6) is 1.44. The number of amides is 1. The van der Waals surface area contributed by atoms with Crippen molar-refractivity contribution >= 4 is 40.4 Å². The minimum Gasteiger partial charge on any atom is -0.451 e. The number of carbonyl (C=O) groups excluding carboxylic acids is 1. The Balaban J connectivity index is 1.49. The van der Waals surface area contributed by atoms with Crippen molar-refractivity contribution < 1.29 is 13.9 Å². The minimum absolute atomic E-state index is 0.168. The van der Waals surface area contributed by atoms with E-state index in [4.69, 9.17) is 9.15 Å². The quantitative estimate of drug-likeness (QED) is 0.573. The fourth-order valence-electron chi connectivity index (χ4n) is 2.32. The molecule has 6 nitrogen and oxygen atoms in total. The third-order valence-corrected chi connectivity index (χ3v) is 4.18. The molecule has 1 fully saturated rings. The molecule has 0 spiro atoms. The molecule has 1 N–H and O–H groups in total. The van der Waals surface area contributed by atoms with Crippen LogP contribution in [0, 0.1) is 3.77 Å². The average molecular weight is 439 g/mol. The summed E-state index contributed by atoms with van der Waals surface area (Å²) >= 11 is 2.08. The maximum absolute atomic E-state index is 11.8. The maximum atomic E-state index is 11.8. The molecule has 0 aromatic carbocycles. The lowest BCUT2D eigenvalue weighted by atomic mass is 10.2. The van der Waals surface area contributed by atoms with Crippen LogP contribution in [0.1, 0.15) is 11.3 Å². The number of hydrogen-bond donors (Lipinski definition) is 1. The summed E-state index contributed by atoms with van der Waals surface area (Å²) in [5, 5.41) is 2.83. The summed E-state index contributed by atoms with van der Waals surface area (Å²) < 4.78 is 11.5. The molecule has 2 aromatic rings. The fourth-order valence-corrected chi connectivity index (χ4v) is 2.76. The second kappa shape index (κ2) is 8.29. The van der Waals surface area contributed by atoms with Gasteiger partial charge in [0.1, 0.15) is 11.6 Å². The first-order valence-electron chi connectivity index (χ1n) is 7.69. The van der Waals surface area contributed by atoms with Crippen molar-refractivity contribution in [3.8, 4) is 0 Å². The molecule has 0 radical (unpaired) electrons. The Bertz CT molecular complexity index is 706. The van der Waals surface area contributed by atoms with Crippen molar-refractivity contribution in [2.75, 3.05) is 31.2 Å². The van der Waals surface area contributed by atoms with Crippen LogP contribution in [0.5, 0.6) is 0 Å². The third kappa shape index (κ3) is 4.81. The van der Waals surface area contributed by atoms with Crippen LogP contribution in [-0.2, 0) is 16.1 Å². The summed E-state index contributed by atoms with van der Waals surface area (Å²) in [6.07, 6.45) is 4.91. The van der Waals surface area contributed by atoms with Crippen LogP contribution < -0.4 is 10.2 Å². The minimum atomic E-state index is -0.168. The summed E-state index contributed by atoms with van der Waals surface area (Å²) in [5.41, 5.74) is 0.960. The standard InChI is InChI=1S/C17H18IN3O3/c18-15-4-2-14(24-15)3-6-17(22)20-12-13-1-5-16(19-11-13)21-7-9-23-10-8-21/h1-6,11H,7-10,12H2,(H,20,22)/b6-3-. The van der Waals surface area contributed by atoms with Gasteiger partial charge in [-0.1, -0.05) is 6.07 Å². The number of aromatic nitrogens is 1. The summed E-state index contributed by atoms with van der Waals surface area (Å²) in [6, 6.07) is 7.63. The second-order valence-electron chi connectivity index (χ2n) is 5.32. The number of carbonyl (C=O) groups is 1. The first-order valence-corrected chi connectivity index (χ1v) is 8.77. The molecular weight excluding hydrogens is 421 g/mol. The van der Waals surface area contributed by atoms with E-state index < -0.39 is 0 Å². The molecule has 24 heavy (non-hydrogen) atoms. The Morgan fingerprint density at radius 1 is 1.29 bits per heavy atom. The smallest absolute Gasteiger partial charge is 0.244 e. The highest BCUT2D eigenvalue weighted by Crippen LogP contribution is 2.13. The number of ether oxygens (including phenoxy) is 1. The number of anilines is 1. The zero-order valence-corrected chi connectivity index (χ0v) is 15.2. The van der Waals surface area contributed by atoms with E-state index in [-0.39, 0.29) is 5.91 Å². The van der Waals surface area contributed by atoms with Crippen molar-refractivity contribution in [3.63, 3.8) is 0 Å². The van der Waals surface area contributed by atoms with E-state index >= 15 is 0 Å². The van der Waals surface area contributed by atoms with Crippen LogP contribution in [0.3, 0.4) is 0 Å². The number of pyridine rings is 1. The van der Waals surface area contributed by atoms with Gasteiger partial charge in [0, 0.05) is 31.9 Å². The van der Waals surface area contributed by atoms with Gasteiger partial charge in [0.05, 0.1) is 13.2 Å². The Morgan fingerprint density at radius 3 is 2.79 bits per heavy atom. The zero-order valence-electron chi connectivity index (χ0n) is 13.1. The van der Waals surface area contributed by atoms with Crippen LogP contribution in [0.25, 0.3) is 6.08 Å². The normalized spacial score (nSPS) is 15.0. The summed E-state index contributed by atoms with van der Waals surface area (Å²) in [7, 11) is 0. The van der Waals surface area contributed by atoms with E-state index in [0.717, 1.165) is 41.5 Å². The molecule has 7 heteroatoms. The van der Waals surface area contributed by atoms with E-state index in [2.05, 4.69) is 37.8 Å². The van der Waals surface area contributed by atoms with Gasteiger partial charge in [-0.3, -0.25) is 4.79 Å². The van der Waals surface area contributed by atoms with Crippen LogP contribution in [0.2, 0.25) is 0 Å². The predicted molar refractivity (Wildman–Crippen MR) is 99.6 cm³/mol. The molecule has 0 aliphatic carbocycles. The Kier molecular flexibility index (Phi) is 5.86. The number of nitrogens with one attached hydrogen (secondary N) is 1. The van der Waals surface area contributed by atoms with Crippen molar-refractivity contribution in [1.82, 2.24) is 10.3 Å². The van der Waals surface area contributed by atoms with Gasteiger partial charge in [-0.05, 0) is 52.4 Å². The van der Waals surface area contributed by atoms with Crippen LogP contribution in [0.15, 0.2) is 41.0 Å². The Morgan fingerprint density at radius 2 is 2.12 bits per heavy atom. The molecule has 0 bridgehead atoms. The van der Waals surface area contributed by atoms with E-state index in [1.165, 1.54) is 6.08 Å². The lowest BCUT2D eigenvalue weighted by Gasteiger charge is -2.27. The van der Waals surface area contributed by atoms with Crippen molar-refractivity contribution in [3.05, 3.63) is 51.6 Å². The van der Waals surface area contributed by atoms with Crippen molar-refractivity contribution in [1.29, 1.82) is 0 Å². The van der Waals surface area contributed by atoms with E-state index in [0.29, 0.717) is 12.3 Å². The topological polar surface area (TPSA) is 67.6 Å². The van der Waals surface area contributed by atoms with Crippen LogP contribution in [-0.4, -0.2) is 37.2 Å². The SMILES string of the molecule is O=C(/C=C\c1ccc(I)o1)NCc1ccc(N2CCOCC2)nc1. The van der Waals surface area contributed by atoms with Gasteiger partial charge in [0.2, 0.25) is 5.91 Å². The Labute approximate surface area is 154 Å². The molecule has 0 atom stereocenters. The number of morpholine rings is 1. The van der Waals surface area contributed by atoms with Gasteiger partial charge in [-0.15, -0.1) is 0 Å². The van der Waals surface area contributed by atoms with Gasteiger partial charge < -0.3 is 19.4 Å². The number of furan rings is 1. The highest BCUT2D eigenvalue weighted by atomic mass is 127. The van der Waals surface area contributed by atoms with E-state index in [9.17, 15) is 4.79 Å². The first kappa shape index (κ1) is 17.0. The highest BCUT2D eigenvalue weighted by Gasteiger charge is 2.11. The molecule has 0 saturated carbocycles. The molecular formula is C17H18IN3O3. The molecule has 3 heterocycles. The van der Waals surface area contributed by atoms with Crippen LogP contribution >= 0.6 is 22.6 Å². The van der Waals surface area contributed by atoms with E-state index in [1.807, 2.05) is 24.3 Å². The predicted octanol–water partition coefficient (Wildman–Crippen LogP) is 2.45. The lowest BCUT2D eigenvalue weighted by molar-refractivity contribution is -0.116. The molecule has 1 aliphatic rings. The van der Waals surface area contributed by atoms with Gasteiger partial charge in [-0.25, -0.2) is 4.98 Å². The van der Waals surface area contributed by atoms with Gasteiger partial charge in [0.25, 0.3) is 0 Å². The van der Waals surface area contributed by atoms with E-state index in [1.54, 1.807) is 12.3 Å². The largest absolute Gasteiger partial charge is 0.451 e. The number of nitrogens with zero attached hydrogens (tertiary/aromatic N) is 2. The summed E-state index contributed by atoms with van der Waals surface area (Å²) in [4.78, 5) is 18.5. The maximum Gasteiger partial charge on any atom is 0.244 e. The first-order chi connectivity index (χ1) is 11.7. The fraction of sp³-hybridized carbons (Fsp3) is 0.294.